The Labute approximate surface area is 102 Å². The lowest BCUT2D eigenvalue weighted by atomic mass is 10.1. The lowest BCUT2D eigenvalue weighted by Gasteiger charge is -2.08. The quantitative estimate of drug-likeness (QED) is 0.524. The summed E-state index contributed by atoms with van der Waals surface area (Å²) in [5, 5.41) is 13.8. The van der Waals surface area contributed by atoms with E-state index in [1.54, 1.807) is 12.1 Å². The maximum Gasteiger partial charge on any atom is 0.275 e. The standard InChI is InChI=1S/C11H11BrN2O2/c1-3-8(2)13-7-9-4-5-10(12)6-11(9)14(15)16/h1,4-6,8,13H,7H2,2H3. The third kappa shape index (κ3) is 3.33. The van der Waals surface area contributed by atoms with Crippen molar-refractivity contribution in [2.45, 2.75) is 19.5 Å². The molecule has 1 aromatic rings. The fourth-order valence-corrected chi connectivity index (χ4v) is 1.53. The average Bonchev–Trinajstić information content (AvgIpc) is 2.26. The second-order valence-corrected chi connectivity index (χ2v) is 4.22. The number of nitro benzene ring substituents is 1. The van der Waals surface area contributed by atoms with E-state index in [0.29, 0.717) is 16.6 Å². The minimum Gasteiger partial charge on any atom is -0.300 e. The first-order valence-corrected chi connectivity index (χ1v) is 5.46. The number of nitro groups is 1. The van der Waals surface area contributed by atoms with Gasteiger partial charge in [0, 0.05) is 22.6 Å². The molecular formula is C11H11BrN2O2. The van der Waals surface area contributed by atoms with E-state index in [1.807, 2.05) is 6.92 Å². The highest BCUT2D eigenvalue weighted by atomic mass is 79.9. The minimum atomic E-state index is -0.400. The Morgan fingerprint density at radius 2 is 2.38 bits per heavy atom. The van der Waals surface area contributed by atoms with Crippen LogP contribution in [0, 0.1) is 22.5 Å². The molecule has 5 heteroatoms. The van der Waals surface area contributed by atoms with Gasteiger partial charge in [-0.15, -0.1) is 6.42 Å². The monoisotopic (exact) mass is 282 g/mol. The van der Waals surface area contributed by atoms with Crippen molar-refractivity contribution in [3.63, 3.8) is 0 Å². The predicted molar refractivity (Wildman–Crippen MR) is 65.9 cm³/mol. The molecule has 0 bridgehead atoms. The van der Waals surface area contributed by atoms with Crippen LogP contribution in [-0.4, -0.2) is 11.0 Å². The molecule has 0 aliphatic heterocycles. The lowest BCUT2D eigenvalue weighted by Crippen LogP contribution is -2.23. The van der Waals surface area contributed by atoms with E-state index in [9.17, 15) is 10.1 Å². The van der Waals surface area contributed by atoms with Gasteiger partial charge in [0.15, 0.2) is 0 Å². The topological polar surface area (TPSA) is 55.2 Å². The second kappa shape index (κ2) is 5.64. The number of terminal acetylenes is 1. The van der Waals surface area contributed by atoms with Gasteiger partial charge in [-0.05, 0) is 19.1 Å². The van der Waals surface area contributed by atoms with Gasteiger partial charge in [-0.1, -0.05) is 21.9 Å². The molecule has 0 spiro atoms. The van der Waals surface area contributed by atoms with Crippen molar-refractivity contribution < 1.29 is 4.92 Å². The Morgan fingerprint density at radius 1 is 1.69 bits per heavy atom. The van der Waals surface area contributed by atoms with E-state index in [1.165, 1.54) is 6.07 Å². The van der Waals surface area contributed by atoms with Gasteiger partial charge in [-0.2, -0.15) is 0 Å². The summed E-state index contributed by atoms with van der Waals surface area (Å²) in [4.78, 5) is 10.4. The van der Waals surface area contributed by atoms with Crippen LogP contribution in [0.5, 0.6) is 0 Å². The molecule has 0 heterocycles. The Hall–Kier alpha value is -1.38. The molecule has 84 valence electrons. The first kappa shape index (κ1) is 12.7. The SMILES string of the molecule is C#CC(C)NCc1ccc(Br)cc1[N+](=O)[O-]. The molecule has 1 N–H and O–H groups in total. The van der Waals surface area contributed by atoms with Gasteiger partial charge in [0.05, 0.1) is 11.0 Å². The van der Waals surface area contributed by atoms with Gasteiger partial charge < -0.3 is 0 Å². The van der Waals surface area contributed by atoms with Gasteiger partial charge in [0.25, 0.3) is 5.69 Å². The van der Waals surface area contributed by atoms with Crippen molar-refractivity contribution in [2.75, 3.05) is 0 Å². The zero-order chi connectivity index (χ0) is 12.1. The van der Waals surface area contributed by atoms with Crippen LogP contribution in [-0.2, 0) is 6.54 Å². The van der Waals surface area contributed by atoms with Crippen LogP contribution in [0.3, 0.4) is 0 Å². The molecule has 1 unspecified atom stereocenters. The molecular weight excluding hydrogens is 272 g/mol. The summed E-state index contributed by atoms with van der Waals surface area (Å²) < 4.78 is 0.688. The van der Waals surface area contributed by atoms with Crippen molar-refractivity contribution in [2.24, 2.45) is 0 Å². The fraction of sp³-hybridized carbons (Fsp3) is 0.273. The van der Waals surface area contributed by atoms with Crippen LogP contribution in [0.4, 0.5) is 5.69 Å². The zero-order valence-corrected chi connectivity index (χ0v) is 10.3. The Balaban J connectivity index is 2.88. The number of hydrogen-bond donors (Lipinski definition) is 1. The molecule has 0 aromatic heterocycles. The first-order chi connectivity index (χ1) is 7.54. The second-order valence-electron chi connectivity index (χ2n) is 3.30. The van der Waals surface area contributed by atoms with Crippen LogP contribution < -0.4 is 5.32 Å². The predicted octanol–water partition coefficient (Wildman–Crippen LogP) is 2.47. The Bertz CT molecular complexity index is 440. The third-order valence-electron chi connectivity index (χ3n) is 2.09. The van der Waals surface area contributed by atoms with E-state index in [-0.39, 0.29) is 11.7 Å². The van der Waals surface area contributed by atoms with Crippen molar-refractivity contribution in [1.29, 1.82) is 0 Å². The molecule has 0 aliphatic carbocycles. The first-order valence-electron chi connectivity index (χ1n) is 4.67. The highest BCUT2D eigenvalue weighted by Gasteiger charge is 2.13. The van der Waals surface area contributed by atoms with Gasteiger partial charge in [0.1, 0.15) is 0 Å². The summed E-state index contributed by atoms with van der Waals surface area (Å²) in [6, 6.07) is 4.85. The number of hydrogen-bond acceptors (Lipinski definition) is 3. The summed E-state index contributed by atoms with van der Waals surface area (Å²) in [5.41, 5.74) is 0.710. The number of nitrogens with one attached hydrogen (secondary N) is 1. The van der Waals surface area contributed by atoms with Gasteiger partial charge >= 0.3 is 0 Å². The van der Waals surface area contributed by atoms with Crippen LogP contribution in [0.15, 0.2) is 22.7 Å². The van der Waals surface area contributed by atoms with E-state index < -0.39 is 4.92 Å². The summed E-state index contributed by atoms with van der Waals surface area (Å²) in [5.74, 6) is 2.51. The molecule has 0 radical (unpaired) electrons. The molecule has 0 saturated heterocycles. The fourth-order valence-electron chi connectivity index (χ4n) is 1.18. The molecule has 0 fully saturated rings. The number of halogens is 1. The summed E-state index contributed by atoms with van der Waals surface area (Å²) in [6.07, 6.45) is 5.20. The molecule has 1 rings (SSSR count). The molecule has 0 amide bonds. The number of benzene rings is 1. The van der Waals surface area contributed by atoms with Crippen LogP contribution in [0.1, 0.15) is 12.5 Å². The van der Waals surface area contributed by atoms with Crippen molar-refractivity contribution in [3.8, 4) is 12.3 Å². The molecule has 1 atom stereocenters. The van der Waals surface area contributed by atoms with E-state index in [2.05, 4.69) is 27.2 Å². The summed E-state index contributed by atoms with van der Waals surface area (Å²) in [7, 11) is 0. The molecule has 0 saturated carbocycles. The number of rotatable bonds is 4. The summed E-state index contributed by atoms with van der Waals surface area (Å²) >= 11 is 3.20. The van der Waals surface area contributed by atoms with Crippen LogP contribution in [0.2, 0.25) is 0 Å². The van der Waals surface area contributed by atoms with E-state index in [4.69, 9.17) is 6.42 Å². The Morgan fingerprint density at radius 3 is 2.94 bits per heavy atom. The third-order valence-corrected chi connectivity index (χ3v) is 2.59. The smallest absolute Gasteiger partial charge is 0.275 e. The lowest BCUT2D eigenvalue weighted by molar-refractivity contribution is -0.385. The van der Waals surface area contributed by atoms with Crippen molar-refractivity contribution in [3.05, 3.63) is 38.3 Å². The maximum absolute atomic E-state index is 10.8. The highest BCUT2D eigenvalue weighted by Crippen LogP contribution is 2.23. The molecule has 1 aromatic carbocycles. The van der Waals surface area contributed by atoms with Crippen molar-refractivity contribution >= 4 is 21.6 Å². The largest absolute Gasteiger partial charge is 0.300 e. The summed E-state index contributed by atoms with van der Waals surface area (Å²) in [6.45, 7) is 2.21. The van der Waals surface area contributed by atoms with E-state index in [0.717, 1.165) is 0 Å². The molecule has 16 heavy (non-hydrogen) atoms. The van der Waals surface area contributed by atoms with Gasteiger partial charge in [-0.25, -0.2) is 0 Å². The minimum absolute atomic E-state index is 0.0890. The maximum atomic E-state index is 10.8. The van der Waals surface area contributed by atoms with Crippen LogP contribution in [0.25, 0.3) is 0 Å². The average molecular weight is 283 g/mol. The highest BCUT2D eigenvalue weighted by molar-refractivity contribution is 9.10. The Kier molecular flexibility index (Phi) is 4.47. The normalized spacial score (nSPS) is 11.8. The van der Waals surface area contributed by atoms with Crippen LogP contribution >= 0.6 is 15.9 Å². The van der Waals surface area contributed by atoms with E-state index >= 15 is 0 Å². The van der Waals surface area contributed by atoms with Gasteiger partial charge in [-0.3, -0.25) is 15.4 Å². The van der Waals surface area contributed by atoms with Gasteiger partial charge in [0.2, 0.25) is 0 Å². The zero-order valence-electron chi connectivity index (χ0n) is 8.74. The molecule has 4 nitrogen and oxygen atoms in total. The van der Waals surface area contributed by atoms with Crippen molar-refractivity contribution in [1.82, 2.24) is 5.32 Å². The number of nitrogens with zero attached hydrogens (tertiary/aromatic N) is 1. The molecule has 0 aliphatic rings.